The third kappa shape index (κ3) is 5.52. The van der Waals surface area contributed by atoms with E-state index < -0.39 is 0 Å². The average molecular weight is 303 g/mol. The van der Waals surface area contributed by atoms with Crippen LogP contribution >= 0.6 is 11.3 Å². The van der Waals surface area contributed by atoms with Crippen molar-refractivity contribution in [1.29, 1.82) is 0 Å². The molecule has 0 aliphatic rings. The molecule has 1 aromatic heterocycles. The maximum atomic E-state index is 5.82. The van der Waals surface area contributed by atoms with Crippen LogP contribution in [-0.4, -0.2) is 19.7 Å². The second-order valence-corrected chi connectivity index (χ2v) is 7.24. The van der Waals surface area contributed by atoms with E-state index in [0.717, 1.165) is 25.3 Å². The molecule has 0 spiro atoms. The Morgan fingerprint density at radius 3 is 2.67 bits per heavy atom. The van der Waals surface area contributed by atoms with Crippen molar-refractivity contribution in [3.8, 4) is 5.75 Å². The molecular formula is C18H25NOS. The molecule has 0 saturated carbocycles. The fraction of sp³-hybridized carbons (Fsp3) is 0.444. The summed E-state index contributed by atoms with van der Waals surface area (Å²) in [5.41, 5.74) is 1.48. The zero-order valence-corrected chi connectivity index (χ0v) is 14.0. The van der Waals surface area contributed by atoms with Crippen molar-refractivity contribution in [2.24, 2.45) is 0 Å². The minimum atomic E-state index is 0.165. The van der Waals surface area contributed by atoms with Gasteiger partial charge in [-0.15, -0.1) is 11.3 Å². The molecule has 0 atom stereocenters. The van der Waals surface area contributed by atoms with Crippen molar-refractivity contribution >= 4 is 11.3 Å². The molecule has 3 heteroatoms. The average Bonchev–Trinajstić information content (AvgIpc) is 2.95. The van der Waals surface area contributed by atoms with Gasteiger partial charge in [0.2, 0.25) is 0 Å². The highest BCUT2D eigenvalue weighted by Gasteiger charge is 2.13. The van der Waals surface area contributed by atoms with Crippen molar-refractivity contribution in [3.63, 3.8) is 0 Å². The van der Waals surface area contributed by atoms with Gasteiger partial charge >= 0.3 is 0 Å². The van der Waals surface area contributed by atoms with E-state index in [1.807, 2.05) is 17.4 Å². The summed E-state index contributed by atoms with van der Waals surface area (Å²) in [6.45, 7) is 9.25. The zero-order valence-electron chi connectivity index (χ0n) is 13.2. The van der Waals surface area contributed by atoms with E-state index in [-0.39, 0.29) is 5.41 Å². The third-order valence-corrected chi connectivity index (χ3v) is 4.31. The Kier molecular flexibility index (Phi) is 5.83. The molecule has 0 bridgehead atoms. The highest BCUT2D eigenvalue weighted by atomic mass is 32.1. The van der Waals surface area contributed by atoms with Gasteiger partial charge in [0.25, 0.3) is 0 Å². The third-order valence-electron chi connectivity index (χ3n) is 3.38. The first-order chi connectivity index (χ1) is 10.1. The van der Waals surface area contributed by atoms with E-state index in [4.69, 9.17) is 4.74 Å². The predicted octanol–water partition coefficient (Wildman–Crippen LogP) is 4.26. The van der Waals surface area contributed by atoms with Crippen LogP contribution in [0.1, 0.15) is 31.2 Å². The molecule has 1 N–H and O–H groups in total. The van der Waals surface area contributed by atoms with Gasteiger partial charge in [0.1, 0.15) is 12.4 Å². The van der Waals surface area contributed by atoms with Gasteiger partial charge in [-0.25, -0.2) is 0 Å². The zero-order chi connectivity index (χ0) is 15.1. The quantitative estimate of drug-likeness (QED) is 0.772. The Morgan fingerprint density at radius 1 is 1.10 bits per heavy atom. The summed E-state index contributed by atoms with van der Waals surface area (Å²) in [7, 11) is 0. The van der Waals surface area contributed by atoms with Crippen LogP contribution in [0.15, 0.2) is 41.8 Å². The lowest BCUT2D eigenvalue weighted by Gasteiger charge is -2.19. The summed E-state index contributed by atoms with van der Waals surface area (Å²) in [5, 5.41) is 5.55. The Hall–Kier alpha value is -1.32. The highest BCUT2D eigenvalue weighted by molar-refractivity contribution is 7.09. The van der Waals surface area contributed by atoms with Crippen LogP contribution < -0.4 is 10.1 Å². The highest BCUT2D eigenvalue weighted by Crippen LogP contribution is 2.25. The van der Waals surface area contributed by atoms with Crippen molar-refractivity contribution in [2.45, 2.75) is 32.6 Å². The number of hydrogen-bond donors (Lipinski definition) is 1. The van der Waals surface area contributed by atoms with Crippen LogP contribution in [0.4, 0.5) is 0 Å². The number of nitrogens with one attached hydrogen (secondary N) is 1. The number of rotatable bonds is 7. The molecule has 2 aromatic rings. The molecule has 0 aliphatic heterocycles. The SMILES string of the molecule is CC(C)(C)c1cccc(OCCNCCc2cccs2)c1. The van der Waals surface area contributed by atoms with E-state index in [9.17, 15) is 0 Å². The summed E-state index contributed by atoms with van der Waals surface area (Å²) >= 11 is 1.82. The summed E-state index contributed by atoms with van der Waals surface area (Å²) in [5.74, 6) is 0.961. The minimum absolute atomic E-state index is 0.165. The molecule has 0 amide bonds. The van der Waals surface area contributed by atoms with E-state index in [0.29, 0.717) is 6.61 Å². The van der Waals surface area contributed by atoms with Gasteiger partial charge in [0.15, 0.2) is 0 Å². The number of ether oxygens (including phenoxy) is 1. The van der Waals surface area contributed by atoms with Gasteiger partial charge in [-0.05, 0) is 41.0 Å². The van der Waals surface area contributed by atoms with Gasteiger partial charge in [0, 0.05) is 18.0 Å². The lowest BCUT2D eigenvalue weighted by Crippen LogP contribution is -2.23. The molecule has 0 aliphatic carbocycles. The molecule has 114 valence electrons. The lowest BCUT2D eigenvalue weighted by atomic mass is 9.87. The predicted molar refractivity (Wildman–Crippen MR) is 91.5 cm³/mol. The monoisotopic (exact) mass is 303 g/mol. The Morgan fingerprint density at radius 2 is 1.95 bits per heavy atom. The molecule has 0 unspecified atom stereocenters. The molecule has 0 fully saturated rings. The van der Waals surface area contributed by atoms with E-state index in [1.54, 1.807) is 0 Å². The topological polar surface area (TPSA) is 21.3 Å². The minimum Gasteiger partial charge on any atom is -0.492 e. The summed E-state index contributed by atoms with van der Waals surface area (Å²) in [6.07, 6.45) is 1.09. The molecule has 1 heterocycles. The molecule has 2 rings (SSSR count). The van der Waals surface area contributed by atoms with Gasteiger partial charge in [0.05, 0.1) is 0 Å². The van der Waals surface area contributed by atoms with Gasteiger partial charge < -0.3 is 10.1 Å². The summed E-state index contributed by atoms with van der Waals surface area (Å²) in [6, 6.07) is 12.7. The number of benzene rings is 1. The van der Waals surface area contributed by atoms with Crippen LogP contribution in [0.5, 0.6) is 5.75 Å². The maximum absolute atomic E-state index is 5.82. The molecule has 0 radical (unpaired) electrons. The molecule has 21 heavy (non-hydrogen) atoms. The van der Waals surface area contributed by atoms with Crippen LogP contribution in [0.25, 0.3) is 0 Å². The smallest absolute Gasteiger partial charge is 0.119 e. The van der Waals surface area contributed by atoms with E-state index >= 15 is 0 Å². The van der Waals surface area contributed by atoms with Crippen LogP contribution in [-0.2, 0) is 11.8 Å². The van der Waals surface area contributed by atoms with Crippen molar-refractivity contribution in [2.75, 3.05) is 19.7 Å². The number of thiophene rings is 1. The Labute approximate surface area is 132 Å². The molecule has 2 nitrogen and oxygen atoms in total. The van der Waals surface area contributed by atoms with E-state index in [1.165, 1.54) is 10.4 Å². The first kappa shape index (κ1) is 16.1. The largest absolute Gasteiger partial charge is 0.492 e. The maximum Gasteiger partial charge on any atom is 0.119 e. The van der Waals surface area contributed by atoms with E-state index in [2.05, 4.69) is 61.8 Å². The van der Waals surface area contributed by atoms with Gasteiger partial charge in [-0.3, -0.25) is 0 Å². The molecule has 0 saturated heterocycles. The summed E-state index contributed by atoms with van der Waals surface area (Å²) < 4.78 is 5.82. The number of hydrogen-bond acceptors (Lipinski definition) is 3. The fourth-order valence-corrected chi connectivity index (χ4v) is 2.79. The van der Waals surface area contributed by atoms with Gasteiger partial charge in [-0.1, -0.05) is 39.0 Å². The first-order valence-electron chi connectivity index (χ1n) is 7.52. The van der Waals surface area contributed by atoms with Crippen LogP contribution in [0.3, 0.4) is 0 Å². The van der Waals surface area contributed by atoms with Crippen molar-refractivity contribution in [1.82, 2.24) is 5.32 Å². The van der Waals surface area contributed by atoms with Crippen LogP contribution in [0, 0.1) is 0 Å². The lowest BCUT2D eigenvalue weighted by molar-refractivity contribution is 0.313. The second kappa shape index (κ2) is 7.62. The van der Waals surface area contributed by atoms with Crippen molar-refractivity contribution in [3.05, 3.63) is 52.2 Å². The molecular weight excluding hydrogens is 278 g/mol. The summed E-state index contributed by atoms with van der Waals surface area (Å²) in [4.78, 5) is 1.43. The first-order valence-corrected chi connectivity index (χ1v) is 8.40. The van der Waals surface area contributed by atoms with Crippen molar-refractivity contribution < 1.29 is 4.74 Å². The van der Waals surface area contributed by atoms with Crippen LogP contribution in [0.2, 0.25) is 0 Å². The Balaban J connectivity index is 1.67. The fourth-order valence-electron chi connectivity index (χ4n) is 2.08. The van der Waals surface area contributed by atoms with Gasteiger partial charge in [-0.2, -0.15) is 0 Å². The normalized spacial score (nSPS) is 11.6. The standard InChI is InChI=1S/C18H25NOS/c1-18(2,3)15-6-4-7-16(14-15)20-12-11-19-10-9-17-8-5-13-21-17/h4-8,13-14,19H,9-12H2,1-3H3. The Bertz CT molecular complexity index is 528. The second-order valence-electron chi connectivity index (χ2n) is 6.21. The molecule has 1 aromatic carbocycles.